The molecule has 1 aliphatic heterocycles. The number of rotatable bonds is 3. The summed E-state index contributed by atoms with van der Waals surface area (Å²) in [5, 5.41) is 9.61. The van der Waals surface area contributed by atoms with Gasteiger partial charge in [0, 0.05) is 37.8 Å². The van der Waals surface area contributed by atoms with Crippen LogP contribution in [0.3, 0.4) is 0 Å². The Morgan fingerprint density at radius 2 is 2.30 bits per heavy atom. The van der Waals surface area contributed by atoms with E-state index < -0.39 is 6.10 Å². The third kappa shape index (κ3) is 3.68. The lowest BCUT2D eigenvalue weighted by Crippen LogP contribution is -2.38. The zero-order valence-corrected chi connectivity index (χ0v) is 11.6. The van der Waals surface area contributed by atoms with Gasteiger partial charge in [0.25, 0.3) is 5.56 Å². The molecule has 0 saturated carbocycles. The summed E-state index contributed by atoms with van der Waals surface area (Å²) >= 11 is 0. The monoisotopic (exact) mass is 280 g/mol. The smallest absolute Gasteiger partial charge is 0.250 e. The second-order valence-electron chi connectivity index (χ2n) is 4.98. The molecule has 6 nitrogen and oxygen atoms in total. The molecule has 1 N–H and O–H groups in total. The average molecular weight is 280 g/mol. The van der Waals surface area contributed by atoms with Crippen LogP contribution in [0.1, 0.15) is 12.1 Å². The summed E-state index contributed by atoms with van der Waals surface area (Å²) in [5.41, 5.74) is 0.738. The molecule has 110 valence electrons. The van der Waals surface area contributed by atoms with Crippen LogP contribution in [-0.2, 0) is 16.1 Å². The standard InChI is InChI=1S/C14H20N2O4/c1-11-3-2-4-14(19)16(11)6-5-13(18)15-7-8-20-10-12(17)9-15/h2-4,12,17H,5-10H2,1H3. The van der Waals surface area contributed by atoms with Crippen molar-refractivity contribution in [3.63, 3.8) is 0 Å². The number of nitrogens with zero attached hydrogens (tertiary/aromatic N) is 2. The molecule has 1 aromatic heterocycles. The highest BCUT2D eigenvalue weighted by molar-refractivity contribution is 5.76. The molecule has 0 aromatic carbocycles. The van der Waals surface area contributed by atoms with Gasteiger partial charge in [0.15, 0.2) is 0 Å². The van der Waals surface area contributed by atoms with Crippen molar-refractivity contribution < 1.29 is 14.6 Å². The second-order valence-corrected chi connectivity index (χ2v) is 4.98. The molecule has 2 rings (SSSR count). The molecule has 1 unspecified atom stereocenters. The molecule has 0 aliphatic carbocycles. The summed E-state index contributed by atoms with van der Waals surface area (Å²) in [6.07, 6.45) is -0.389. The first-order valence-corrected chi connectivity index (χ1v) is 6.78. The molecule has 0 radical (unpaired) electrons. The number of carbonyl (C=O) groups is 1. The van der Waals surface area contributed by atoms with Crippen LogP contribution >= 0.6 is 0 Å². The molecule has 1 aliphatic rings. The normalized spacial score (nSPS) is 19.7. The SMILES string of the molecule is Cc1cccc(=O)n1CCC(=O)N1CCOCC(O)C1. The fraction of sp³-hybridized carbons (Fsp3) is 0.571. The number of aliphatic hydroxyl groups is 1. The van der Waals surface area contributed by atoms with Crippen molar-refractivity contribution in [2.75, 3.05) is 26.3 Å². The molecule has 2 heterocycles. The van der Waals surface area contributed by atoms with Gasteiger partial charge >= 0.3 is 0 Å². The largest absolute Gasteiger partial charge is 0.389 e. The summed E-state index contributed by atoms with van der Waals surface area (Å²) < 4.78 is 6.78. The number of pyridine rings is 1. The number of β-amino-alcohol motifs (C(OH)–C–C–N with tert-alkyl or cyclic N) is 1. The fourth-order valence-electron chi connectivity index (χ4n) is 2.29. The average Bonchev–Trinajstić information content (AvgIpc) is 2.62. The van der Waals surface area contributed by atoms with Crippen molar-refractivity contribution in [2.24, 2.45) is 0 Å². The van der Waals surface area contributed by atoms with E-state index in [1.54, 1.807) is 15.5 Å². The number of hydrogen-bond donors (Lipinski definition) is 1. The number of carbonyl (C=O) groups excluding carboxylic acids is 1. The predicted molar refractivity (Wildman–Crippen MR) is 73.5 cm³/mol. The minimum Gasteiger partial charge on any atom is -0.389 e. The molecule has 0 spiro atoms. The first-order valence-electron chi connectivity index (χ1n) is 6.78. The van der Waals surface area contributed by atoms with Crippen LogP contribution in [0.25, 0.3) is 0 Å². The zero-order valence-electron chi connectivity index (χ0n) is 11.6. The van der Waals surface area contributed by atoms with E-state index in [2.05, 4.69) is 0 Å². The van der Waals surface area contributed by atoms with Gasteiger partial charge in [0.2, 0.25) is 5.91 Å². The maximum Gasteiger partial charge on any atom is 0.250 e. The predicted octanol–water partition coefficient (Wildman–Crippen LogP) is -0.233. The molecule has 1 saturated heterocycles. The molecule has 1 fully saturated rings. The van der Waals surface area contributed by atoms with Crippen LogP contribution in [0.2, 0.25) is 0 Å². The van der Waals surface area contributed by atoms with E-state index in [9.17, 15) is 14.7 Å². The van der Waals surface area contributed by atoms with Gasteiger partial charge in [0.05, 0.1) is 19.3 Å². The van der Waals surface area contributed by atoms with E-state index in [4.69, 9.17) is 4.74 Å². The van der Waals surface area contributed by atoms with E-state index >= 15 is 0 Å². The van der Waals surface area contributed by atoms with Gasteiger partial charge in [-0.25, -0.2) is 0 Å². The Kier molecular flexibility index (Phi) is 4.92. The first kappa shape index (κ1) is 14.7. The number of hydrogen-bond acceptors (Lipinski definition) is 4. The van der Waals surface area contributed by atoms with Gasteiger partial charge in [-0.1, -0.05) is 6.07 Å². The number of aliphatic hydroxyl groups excluding tert-OH is 1. The number of aryl methyl sites for hydroxylation is 1. The lowest BCUT2D eigenvalue weighted by Gasteiger charge is -2.21. The van der Waals surface area contributed by atoms with Crippen LogP contribution in [0.4, 0.5) is 0 Å². The Labute approximate surface area is 117 Å². The summed E-state index contributed by atoms with van der Waals surface area (Å²) in [7, 11) is 0. The molecular weight excluding hydrogens is 260 g/mol. The van der Waals surface area contributed by atoms with Gasteiger partial charge < -0.3 is 19.3 Å². The topological polar surface area (TPSA) is 71.8 Å². The third-order valence-electron chi connectivity index (χ3n) is 3.42. The quantitative estimate of drug-likeness (QED) is 0.830. The van der Waals surface area contributed by atoms with Crippen molar-refractivity contribution in [1.29, 1.82) is 0 Å². The Morgan fingerprint density at radius 1 is 1.50 bits per heavy atom. The zero-order chi connectivity index (χ0) is 14.5. The molecule has 0 bridgehead atoms. The molecular formula is C14H20N2O4. The maximum atomic E-state index is 12.1. The van der Waals surface area contributed by atoms with E-state index in [0.717, 1.165) is 5.69 Å². The van der Waals surface area contributed by atoms with Gasteiger partial charge in [-0.2, -0.15) is 0 Å². The van der Waals surface area contributed by atoms with Gasteiger partial charge in [-0.3, -0.25) is 9.59 Å². The molecule has 1 amide bonds. The molecule has 6 heteroatoms. The van der Waals surface area contributed by atoms with Crippen LogP contribution in [0, 0.1) is 6.92 Å². The molecule has 1 atom stereocenters. The Balaban J connectivity index is 1.96. The fourth-order valence-corrected chi connectivity index (χ4v) is 2.29. The Morgan fingerprint density at radius 3 is 3.05 bits per heavy atom. The van der Waals surface area contributed by atoms with Crippen molar-refractivity contribution >= 4 is 5.91 Å². The van der Waals surface area contributed by atoms with E-state index in [1.165, 1.54) is 6.07 Å². The second kappa shape index (κ2) is 6.67. The third-order valence-corrected chi connectivity index (χ3v) is 3.42. The van der Waals surface area contributed by atoms with Crippen molar-refractivity contribution in [3.8, 4) is 0 Å². The van der Waals surface area contributed by atoms with Crippen LogP contribution in [0.5, 0.6) is 0 Å². The van der Waals surface area contributed by atoms with Gasteiger partial charge in [-0.05, 0) is 13.0 Å². The number of ether oxygens (including phenoxy) is 1. The minimum absolute atomic E-state index is 0.0651. The van der Waals surface area contributed by atoms with E-state index in [1.807, 2.05) is 13.0 Å². The lowest BCUT2D eigenvalue weighted by molar-refractivity contribution is -0.132. The van der Waals surface area contributed by atoms with Crippen molar-refractivity contribution in [3.05, 3.63) is 34.2 Å². The van der Waals surface area contributed by atoms with Gasteiger partial charge in [-0.15, -0.1) is 0 Å². The minimum atomic E-state index is -0.636. The Bertz CT molecular complexity index is 526. The molecule has 20 heavy (non-hydrogen) atoms. The van der Waals surface area contributed by atoms with Crippen LogP contribution in [-0.4, -0.2) is 52.9 Å². The Hall–Kier alpha value is -1.66. The van der Waals surface area contributed by atoms with Crippen LogP contribution < -0.4 is 5.56 Å². The van der Waals surface area contributed by atoms with E-state index in [-0.39, 0.29) is 24.5 Å². The van der Waals surface area contributed by atoms with E-state index in [0.29, 0.717) is 26.2 Å². The molecule has 1 aromatic rings. The highest BCUT2D eigenvalue weighted by atomic mass is 16.5. The number of aromatic nitrogens is 1. The lowest BCUT2D eigenvalue weighted by atomic mass is 10.3. The summed E-state index contributed by atoms with van der Waals surface area (Å²) in [4.78, 5) is 25.4. The van der Waals surface area contributed by atoms with Crippen molar-refractivity contribution in [1.82, 2.24) is 9.47 Å². The summed E-state index contributed by atoms with van der Waals surface area (Å²) in [6.45, 7) is 3.68. The first-order chi connectivity index (χ1) is 9.58. The highest BCUT2D eigenvalue weighted by Crippen LogP contribution is 2.04. The highest BCUT2D eigenvalue weighted by Gasteiger charge is 2.20. The maximum absolute atomic E-state index is 12.1. The number of amides is 1. The summed E-state index contributed by atoms with van der Waals surface area (Å²) in [6, 6.07) is 5.04. The van der Waals surface area contributed by atoms with Gasteiger partial charge in [0.1, 0.15) is 0 Å². The summed E-state index contributed by atoms with van der Waals surface area (Å²) in [5.74, 6) is -0.0651. The van der Waals surface area contributed by atoms with Crippen molar-refractivity contribution in [2.45, 2.75) is 26.0 Å². The van der Waals surface area contributed by atoms with Crippen LogP contribution in [0.15, 0.2) is 23.0 Å².